The zero-order valence-corrected chi connectivity index (χ0v) is 7.04. The van der Waals surface area contributed by atoms with Crippen LogP contribution in [0, 0.1) is 0 Å². The normalized spacial score (nSPS) is 14.7. The fraction of sp³-hybridized carbons (Fsp3) is 0.250. The minimum absolute atomic E-state index is 0.178. The molecule has 14 heavy (non-hydrogen) atoms. The van der Waals surface area contributed by atoms with Gasteiger partial charge in [0, 0.05) is 11.8 Å². The van der Waals surface area contributed by atoms with Crippen LogP contribution in [0.3, 0.4) is 0 Å². The molecule has 1 aromatic heterocycles. The maximum atomic E-state index is 11.1. The summed E-state index contributed by atoms with van der Waals surface area (Å²) in [7, 11) is 0. The molecule has 4 N–H and O–H groups in total. The number of aliphatic hydroxyl groups excluding tert-OH is 2. The Hall–Kier alpha value is -1.66. The van der Waals surface area contributed by atoms with Crippen molar-refractivity contribution >= 4 is 5.97 Å². The number of hydrogen-bond donors (Lipinski definition) is 4. The Morgan fingerprint density at radius 2 is 2.07 bits per heavy atom. The number of aromatic amines is 1. The molecule has 0 radical (unpaired) electrons. The van der Waals surface area contributed by atoms with Gasteiger partial charge in [-0.2, -0.15) is 0 Å². The number of rotatable bonds is 3. The van der Waals surface area contributed by atoms with Crippen LogP contribution in [0.1, 0.15) is 11.7 Å². The summed E-state index contributed by atoms with van der Waals surface area (Å²) in [4.78, 5) is 23.6. The van der Waals surface area contributed by atoms with Gasteiger partial charge in [-0.25, -0.2) is 4.79 Å². The van der Waals surface area contributed by atoms with Crippen molar-refractivity contribution in [2.75, 3.05) is 0 Å². The Bertz CT molecular complexity index is 385. The third kappa shape index (κ3) is 1.98. The maximum absolute atomic E-state index is 11.1. The summed E-state index contributed by atoms with van der Waals surface area (Å²) in [5.41, 5.74) is -0.803. The fourth-order valence-electron chi connectivity index (χ4n) is 0.973. The molecular weight excluding hydrogens is 190 g/mol. The number of carboxylic acid groups (broad SMARTS) is 1. The van der Waals surface area contributed by atoms with E-state index in [1.54, 1.807) is 0 Å². The SMILES string of the molecule is O=C(O)C(O)C(O)c1ccc[nH]c1=O. The zero-order valence-electron chi connectivity index (χ0n) is 7.04. The van der Waals surface area contributed by atoms with Crippen LogP contribution in [0.2, 0.25) is 0 Å². The lowest BCUT2D eigenvalue weighted by Crippen LogP contribution is -2.31. The summed E-state index contributed by atoms with van der Waals surface area (Å²) in [6.45, 7) is 0. The Labute approximate surface area is 78.5 Å². The van der Waals surface area contributed by atoms with Crippen molar-refractivity contribution in [3.8, 4) is 0 Å². The average molecular weight is 199 g/mol. The monoisotopic (exact) mass is 199 g/mol. The summed E-state index contributed by atoms with van der Waals surface area (Å²) in [6.07, 6.45) is -2.39. The molecule has 0 saturated carbocycles. The van der Waals surface area contributed by atoms with Gasteiger partial charge in [0.15, 0.2) is 6.10 Å². The molecule has 1 aromatic rings. The number of H-pyrrole nitrogens is 1. The second-order valence-corrected chi connectivity index (χ2v) is 2.68. The summed E-state index contributed by atoms with van der Waals surface area (Å²) in [5.74, 6) is -1.58. The lowest BCUT2D eigenvalue weighted by Gasteiger charge is -2.12. The van der Waals surface area contributed by atoms with Crippen molar-refractivity contribution in [1.29, 1.82) is 0 Å². The van der Waals surface area contributed by atoms with E-state index < -0.39 is 23.7 Å². The molecule has 0 aromatic carbocycles. The van der Waals surface area contributed by atoms with Crippen LogP contribution < -0.4 is 5.56 Å². The van der Waals surface area contributed by atoms with Gasteiger partial charge >= 0.3 is 5.97 Å². The summed E-state index contributed by atoms with van der Waals surface area (Å²) in [5, 5.41) is 26.6. The van der Waals surface area contributed by atoms with Gasteiger partial charge in [-0.1, -0.05) is 0 Å². The number of aromatic nitrogens is 1. The highest BCUT2D eigenvalue weighted by Gasteiger charge is 2.26. The van der Waals surface area contributed by atoms with E-state index in [4.69, 9.17) is 10.2 Å². The number of carboxylic acids is 1. The maximum Gasteiger partial charge on any atom is 0.335 e. The smallest absolute Gasteiger partial charge is 0.335 e. The van der Waals surface area contributed by atoms with E-state index in [1.165, 1.54) is 18.3 Å². The highest BCUT2D eigenvalue weighted by molar-refractivity contribution is 5.73. The molecule has 0 fully saturated rings. The van der Waals surface area contributed by atoms with E-state index in [9.17, 15) is 14.7 Å². The van der Waals surface area contributed by atoms with Crippen molar-refractivity contribution in [3.63, 3.8) is 0 Å². The molecule has 2 atom stereocenters. The van der Waals surface area contributed by atoms with Crippen LogP contribution >= 0.6 is 0 Å². The molecule has 6 heteroatoms. The number of aliphatic carboxylic acids is 1. The summed E-state index contributed by atoms with van der Waals surface area (Å²) >= 11 is 0. The number of hydrogen-bond acceptors (Lipinski definition) is 4. The van der Waals surface area contributed by atoms with Crippen molar-refractivity contribution < 1.29 is 20.1 Å². The molecule has 0 aliphatic carbocycles. The molecule has 0 bridgehead atoms. The first-order valence-electron chi connectivity index (χ1n) is 3.80. The van der Waals surface area contributed by atoms with Gasteiger partial charge in [0.05, 0.1) is 0 Å². The van der Waals surface area contributed by atoms with Gasteiger partial charge in [-0.15, -0.1) is 0 Å². The highest BCUT2D eigenvalue weighted by atomic mass is 16.4. The van der Waals surface area contributed by atoms with E-state index in [2.05, 4.69) is 4.98 Å². The van der Waals surface area contributed by atoms with E-state index in [1.807, 2.05) is 0 Å². The molecular formula is C8H9NO5. The molecule has 0 aliphatic rings. The Balaban J connectivity index is 3.01. The van der Waals surface area contributed by atoms with Crippen molar-refractivity contribution in [1.82, 2.24) is 4.98 Å². The van der Waals surface area contributed by atoms with E-state index >= 15 is 0 Å². The van der Waals surface area contributed by atoms with Crippen molar-refractivity contribution in [2.45, 2.75) is 12.2 Å². The van der Waals surface area contributed by atoms with Crippen LogP contribution in [0.5, 0.6) is 0 Å². The van der Waals surface area contributed by atoms with Crippen LogP contribution in [0.4, 0.5) is 0 Å². The predicted octanol–water partition coefficient (Wildman–Crippen LogP) is -1.15. The minimum Gasteiger partial charge on any atom is -0.479 e. The third-order valence-corrected chi connectivity index (χ3v) is 1.72. The quantitative estimate of drug-likeness (QED) is 0.491. The summed E-state index contributed by atoms with van der Waals surface area (Å²) in [6, 6.07) is 2.67. The number of pyridine rings is 1. The largest absolute Gasteiger partial charge is 0.479 e. The first-order chi connectivity index (χ1) is 6.54. The van der Waals surface area contributed by atoms with Gasteiger partial charge in [0.2, 0.25) is 0 Å². The van der Waals surface area contributed by atoms with Gasteiger partial charge in [-0.05, 0) is 12.1 Å². The molecule has 6 nitrogen and oxygen atoms in total. The second kappa shape index (κ2) is 4.03. The van der Waals surface area contributed by atoms with E-state index in [-0.39, 0.29) is 5.56 Å². The van der Waals surface area contributed by atoms with Crippen LogP contribution in [-0.4, -0.2) is 32.4 Å². The Morgan fingerprint density at radius 3 is 2.57 bits per heavy atom. The number of aliphatic hydroxyl groups is 2. The van der Waals surface area contributed by atoms with Crippen molar-refractivity contribution in [3.05, 3.63) is 34.2 Å². The van der Waals surface area contributed by atoms with Crippen LogP contribution in [0.25, 0.3) is 0 Å². The van der Waals surface area contributed by atoms with Gasteiger partial charge < -0.3 is 20.3 Å². The molecule has 76 valence electrons. The first-order valence-corrected chi connectivity index (χ1v) is 3.80. The average Bonchev–Trinajstić information content (AvgIpc) is 2.16. The Kier molecular flexibility index (Phi) is 3.00. The zero-order chi connectivity index (χ0) is 10.7. The van der Waals surface area contributed by atoms with E-state index in [0.29, 0.717) is 0 Å². The first kappa shape index (κ1) is 10.4. The molecule has 0 spiro atoms. The molecule has 2 unspecified atom stereocenters. The number of nitrogens with one attached hydrogen (secondary N) is 1. The lowest BCUT2D eigenvalue weighted by molar-refractivity contribution is -0.153. The molecule has 1 rings (SSSR count). The molecule has 0 amide bonds. The minimum atomic E-state index is -2.00. The molecule has 0 aliphatic heterocycles. The standard InChI is InChI=1S/C8H9NO5/c10-5(6(11)8(13)14)4-2-1-3-9-7(4)12/h1-3,5-6,10-11H,(H,9,12)(H,13,14). The van der Waals surface area contributed by atoms with E-state index in [0.717, 1.165) is 0 Å². The fourth-order valence-corrected chi connectivity index (χ4v) is 0.973. The van der Waals surface area contributed by atoms with Crippen LogP contribution in [0.15, 0.2) is 23.1 Å². The lowest BCUT2D eigenvalue weighted by atomic mass is 10.1. The van der Waals surface area contributed by atoms with Crippen LogP contribution in [-0.2, 0) is 4.79 Å². The second-order valence-electron chi connectivity index (χ2n) is 2.68. The molecule has 0 saturated heterocycles. The topological polar surface area (TPSA) is 111 Å². The highest BCUT2D eigenvalue weighted by Crippen LogP contribution is 2.12. The van der Waals surface area contributed by atoms with Gasteiger partial charge in [0.1, 0.15) is 6.10 Å². The van der Waals surface area contributed by atoms with Gasteiger partial charge in [-0.3, -0.25) is 4.79 Å². The van der Waals surface area contributed by atoms with Crippen molar-refractivity contribution in [2.24, 2.45) is 0 Å². The molecule has 1 heterocycles. The number of carbonyl (C=O) groups is 1. The predicted molar refractivity (Wildman–Crippen MR) is 45.7 cm³/mol. The summed E-state index contributed by atoms with van der Waals surface area (Å²) < 4.78 is 0. The third-order valence-electron chi connectivity index (χ3n) is 1.72. The van der Waals surface area contributed by atoms with Gasteiger partial charge in [0.25, 0.3) is 5.56 Å². The Morgan fingerprint density at radius 1 is 1.43 bits per heavy atom.